The Balaban J connectivity index is 2.68. The van der Waals surface area contributed by atoms with Crippen molar-refractivity contribution in [3.8, 4) is 0 Å². The summed E-state index contributed by atoms with van der Waals surface area (Å²) in [4.78, 5) is 0. The van der Waals surface area contributed by atoms with Gasteiger partial charge in [-0.15, -0.1) is 0 Å². The van der Waals surface area contributed by atoms with Gasteiger partial charge in [0.05, 0.1) is 0 Å². The van der Waals surface area contributed by atoms with Crippen molar-refractivity contribution in [2.24, 2.45) is 0 Å². The molecule has 1 radical (unpaired) electrons. The Morgan fingerprint density at radius 1 is 1.71 bits per heavy atom. The molecular weight excluding hydrogens is 224 g/mol. The third-order valence-electron chi connectivity index (χ3n) is 0.470. The van der Waals surface area contributed by atoms with Crippen molar-refractivity contribution in [3.05, 3.63) is 6.42 Å². The van der Waals surface area contributed by atoms with E-state index in [1.165, 1.54) is 0 Å². The van der Waals surface area contributed by atoms with Crippen LogP contribution in [0.25, 0.3) is 0 Å². The zero-order valence-electron chi connectivity index (χ0n) is 3.77. The summed E-state index contributed by atoms with van der Waals surface area (Å²) in [5, 5.41) is 9.00. The van der Waals surface area contributed by atoms with Crippen LogP contribution in [0.2, 0.25) is 0 Å². The fourth-order valence-corrected chi connectivity index (χ4v) is 0.729. The molecule has 0 rings (SSSR count). The first-order chi connectivity index (χ1) is 3.27. The molecule has 3 heteroatoms. The summed E-state index contributed by atoms with van der Waals surface area (Å²) in [5.41, 5.74) is 0. The van der Waals surface area contributed by atoms with Crippen LogP contribution in [0, 0.1) is 6.42 Å². The molecule has 43 valence electrons. The molecule has 0 saturated heterocycles. The van der Waals surface area contributed by atoms with Crippen LogP contribution in [0.15, 0.2) is 0 Å². The first-order valence-corrected chi connectivity index (χ1v) is 4.02. The van der Waals surface area contributed by atoms with Gasteiger partial charge >= 0.3 is 0 Å². The van der Waals surface area contributed by atoms with Gasteiger partial charge in [0, 0.05) is 11.8 Å². The molecule has 0 amide bonds. The van der Waals surface area contributed by atoms with Crippen molar-refractivity contribution in [1.29, 1.82) is 0 Å². The second-order valence-corrected chi connectivity index (χ2v) is 2.82. The summed E-state index contributed by atoms with van der Waals surface area (Å²) in [6.45, 7) is 0. The number of alkyl halides is 2. The summed E-state index contributed by atoms with van der Waals surface area (Å²) >= 11 is 6.17. The van der Waals surface area contributed by atoms with Crippen LogP contribution in [0.3, 0.4) is 0 Å². The van der Waals surface area contributed by atoms with E-state index >= 15 is 0 Å². The highest BCUT2D eigenvalue weighted by molar-refractivity contribution is 9.09. The molecule has 0 aliphatic heterocycles. The van der Waals surface area contributed by atoms with Gasteiger partial charge in [-0.1, -0.05) is 31.9 Å². The zero-order valence-corrected chi connectivity index (χ0v) is 6.94. The second kappa shape index (κ2) is 5.06. The maximum absolute atomic E-state index is 8.52. The third kappa shape index (κ3) is 6.92. The lowest BCUT2D eigenvalue weighted by atomic mass is 10.4. The van der Waals surface area contributed by atoms with E-state index in [4.69, 9.17) is 5.11 Å². The van der Waals surface area contributed by atoms with Gasteiger partial charge in [-0.3, -0.25) is 0 Å². The maximum Gasteiger partial charge on any atom is 0.112 e. The van der Waals surface area contributed by atoms with Crippen LogP contribution in [0.4, 0.5) is 0 Å². The molecule has 1 unspecified atom stereocenters. The molecular formula is C4H7Br2O. The Labute approximate surface area is 60.4 Å². The Hall–Kier alpha value is 0.920. The highest BCUT2D eigenvalue weighted by Crippen LogP contribution is 2.02. The fraction of sp³-hybridized carbons (Fsp3) is 0.750. The zero-order chi connectivity index (χ0) is 5.70. The summed E-state index contributed by atoms with van der Waals surface area (Å²) in [6.07, 6.45) is 2.67. The molecule has 0 heterocycles. The number of aliphatic hydroxyl groups is 1. The Morgan fingerprint density at radius 2 is 2.29 bits per heavy atom. The van der Waals surface area contributed by atoms with Gasteiger partial charge in [0.15, 0.2) is 0 Å². The monoisotopic (exact) mass is 229 g/mol. The van der Waals surface area contributed by atoms with E-state index in [-0.39, 0.29) is 0 Å². The first kappa shape index (κ1) is 7.92. The molecule has 1 N–H and O–H groups in total. The van der Waals surface area contributed by atoms with E-state index in [2.05, 4.69) is 31.9 Å². The van der Waals surface area contributed by atoms with Gasteiger partial charge < -0.3 is 5.11 Å². The number of halogens is 2. The minimum absolute atomic E-state index is 0.440. The van der Waals surface area contributed by atoms with Crippen molar-refractivity contribution < 1.29 is 5.11 Å². The largest absolute Gasteiger partial charge is 0.382 e. The Bertz CT molecular complexity index is 38.7. The van der Waals surface area contributed by atoms with Gasteiger partial charge in [-0.25, -0.2) is 0 Å². The van der Waals surface area contributed by atoms with Gasteiger partial charge in [0.25, 0.3) is 0 Å². The van der Waals surface area contributed by atoms with Crippen molar-refractivity contribution in [2.45, 2.75) is 11.4 Å². The van der Waals surface area contributed by atoms with E-state index in [0.717, 1.165) is 11.8 Å². The number of hydrogen-bond donors (Lipinski definition) is 1. The van der Waals surface area contributed by atoms with Crippen LogP contribution >= 0.6 is 31.9 Å². The Kier molecular flexibility index (Phi) is 5.73. The van der Waals surface area contributed by atoms with E-state index in [1.807, 2.05) is 0 Å². The van der Waals surface area contributed by atoms with Crippen molar-refractivity contribution in [2.75, 3.05) is 5.33 Å². The summed E-state index contributed by atoms with van der Waals surface area (Å²) in [7, 11) is 0. The average Bonchev–Trinajstić information content (AvgIpc) is 1.61. The topological polar surface area (TPSA) is 20.2 Å². The van der Waals surface area contributed by atoms with Gasteiger partial charge in [-0.2, -0.15) is 0 Å². The molecule has 0 aromatic rings. The third-order valence-corrected chi connectivity index (χ3v) is 1.30. The molecule has 0 fully saturated rings. The minimum atomic E-state index is -0.440. The van der Waals surface area contributed by atoms with Crippen molar-refractivity contribution in [1.82, 2.24) is 0 Å². The lowest BCUT2D eigenvalue weighted by molar-refractivity contribution is 0.297. The SMILES string of the molecule is OC(Br)[CH]CCBr. The van der Waals surface area contributed by atoms with Gasteiger partial charge in [0.2, 0.25) is 0 Å². The highest BCUT2D eigenvalue weighted by atomic mass is 79.9. The van der Waals surface area contributed by atoms with E-state index < -0.39 is 5.01 Å². The average molecular weight is 231 g/mol. The van der Waals surface area contributed by atoms with Crippen molar-refractivity contribution in [3.63, 3.8) is 0 Å². The predicted octanol–water partition coefficient (Wildman–Crippen LogP) is 1.69. The lowest BCUT2D eigenvalue weighted by Crippen LogP contribution is -1.94. The molecule has 0 spiro atoms. The summed E-state index contributed by atoms with van der Waals surface area (Å²) in [6, 6.07) is 0. The predicted molar refractivity (Wildman–Crippen MR) is 37.6 cm³/mol. The lowest BCUT2D eigenvalue weighted by Gasteiger charge is -1.95. The van der Waals surface area contributed by atoms with Gasteiger partial charge in [0.1, 0.15) is 5.01 Å². The van der Waals surface area contributed by atoms with Crippen LogP contribution in [-0.4, -0.2) is 15.4 Å². The standard InChI is InChI=1S/C4H7Br2O/c5-3-1-2-4(6)7/h2,4,7H,1,3H2. The van der Waals surface area contributed by atoms with E-state index in [9.17, 15) is 0 Å². The molecule has 0 saturated carbocycles. The number of hydrogen-bond acceptors (Lipinski definition) is 1. The van der Waals surface area contributed by atoms with E-state index in [0.29, 0.717) is 0 Å². The number of rotatable bonds is 3. The van der Waals surface area contributed by atoms with Crippen molar-refractivity contribution >= 4 is 31.9 Å². The highest BCUT2D eigenvalue weighted by Gasteiger charge is 1.93. The molecule has 7 heavy (non-hydrogen) atoms. The normalized spacial score (nSPS) is 14.1. The van der Waals surface area contributed by atoms with Crippen LogP contribution in [0.1, 0.15) is 6.42 Å². The quantitative estimate of drug-likeness (QED) is 0.732. The fourth-order valence-electron chi connectivity index (χ4n) is 0.201. The Morgan fingerprint density at radius 3 is 2.43 bits per heavy atom. The molecule has 0 bridgehead atoms. The van der Waals surface area contributed by atoms with Crippen LogP contribution in [-0.2, 0) is 0 Å². The van der Waals surface area contributed by atoms with Crippen LogP contribution < -0.4 is 0 Å². The maximum atomic E-state index is 8.52. The minimum Gasteiger partial charge on any atom is -0.382 e. The number of aliphatic hydroxyl groups excluding tert-OH is 1. The molecule has 1 nitrogen and oxygen atoms in total. The summed E-state index contributed by atoms with van der Waals surface area (Å²) in [5.74, 6) is 0. The molecule has 0 aliphatic rings. The van der Waals surface area contributed by atoms with E-state index in [1.54, 1.807) is 6.42 Å². The van der Waals surface area contributed by atoms with Crippen LogP contribution in [0.5, 0.6) is 0 Å². The molecule has 0 aliphatic carbocycles. The first-order valence-electron chi connectivity index (χ1n) is 1.99. The second-order valence-electron chi connectivity index (χ2n) is 1.09. The summed E-state index contributed by atoms with van der Waals surface area (Å²) < 4.78 is 0. The smallest absolute Gasteiger partial charge is 0.112 e. The molecule has 0 aromatic heterocycles. The van der Waals surface area contributed by atoms with Gasteiger partial charge in [-0.05, 0) is 6.42 Å². The molecule has 0 aromatic carbocycles. The molecule has 1 atom stereocenters.